The molecule has 0 heterocycles. The number of anilines is 1. The van der Waals surface area contributed by atoms with Crippen molar-refractivity contribution >= 4 is 33.4 Å². The standard InChI is InChI=1S/C25H28N2O5S2/c1-19-9-12-22(13-10-19)34(29,30)27(23-17-20(31-2)11-14-24(23)32-3)18-25(28)26-15-16-33-21-7-5-4-6-8-21/h4-14,17H,15-16,18H2,1-3H3,(H,26,28). The van der Waals surface area contributed by atoms with Crippen molar-refractivity contribution in [3.8, 4) is 11.5 Å². The molecule has 0 aliphatic carbocycles. The van der Waals surface area contributed by atoms with Crippen LogP contribution in [0.5, 0.6) is 11.5 Å². The number of ether oxygens (including phenoxy) is 2. The van der Waals surface area contributed by atoms with E-state index in [0.29, 0.717) is 23.8 Å². The van der Waals surface area contributed by atoms with Gasteiger partial charge in [0.15, 0.2) is 0 Å². The number of hydrogen-bond donors (Lipinski definition) is 1. The monoisotopic (exact) mass is 500 g/mol. The Labute approximate surface area is 205 Å². The Morgan fingerprint density at radius 1 is 0.971 bits per heavy atom. The summed E-state index contributed by atoms with van der Waals surface area (Å²) in [7, 11) is -1.13. The third-order valence-corrected chi connectivity index (χ3v) is 7.77. The van der Waals surface area contributed by atoms with Crippen LogP contribution in [-0.4, -0.2) is 47.4 Å². The first-order chi connectivity index (χ1) is 16.3. The van der Waals surface area contributed by atoms with Crippen LogP contribution in [0, 0.1) is 6.92 Å². The number of aryl methyl sites for hydroxylation is 1. The molecule has 0 unspecified atom stereocenters. The fourth-order valence-electron chi connectivity index (χ4n) is 3.19. The lowest BCUT2D eigenvalue weighted by Gasteiger charge is -2.26. The summed E-state index contributed by atoms with van der Waals surface area (Å²) in [5.41, 5.74) is 1.15. The molecule has 0 saturated heterocycles. The second-order valence-corrected chi connectivity index (χ2v) is 10.4. The smallest absolute Gasteiger partial charge is 0.264 e. The highest BCUT2D eigenvalue weighted by atomic mass is 32.2. The SMILES string of the molecule is COc1ccc(OC)c(N(CC(=O)NCCSc2ccccc2)S(=O)(=O)c2ccc(C)cc2)c1. The van der Waals surface area contributed by atoms with Gasteiger partial charge in [-0.15, -0.1) is 11.8 Å². The second-order valence-electron chi connectivity index (χ2n) is 7.37. The van der Waals surface area contributed by atoms with Crippen LogP contribution >= 0.6 is 11.8 Å². The molecule has 3 rings (SSSR count). The van der Waals surface area contributed by atoms with Crippen LogP contribution in [0.2, 0.25) is 0 Å². The summed E-state index contributed by atoms with van der Waals surface area (Å²) in [6, 6.07) is 21.2. The van der Waals surface area contributed by atoms with Gasteiger partial charge in [-0.25, -0.2) is 8.42 Å². The van der Waals surface area contributed by atoms with Gasteiger partial charge in [0, 0.05) is 23.3 Å². The van der Waals surface area contributed by atoms with E-state index < -0.39 is 22.5 Å². The van der Waals surface area contributed by atoms with Gasteiger partial charge in [-0.05, 0) is 43.3 Å². The number of nitrogens with one attached hydrogen (secondary N) is 1. The van der Waals surface area contributed by atoms with Gasteiger partial charge < -0.3 is 14.8 Å². The van der Waals surface area contributed by atoms with E-state index >= 15 is 0 Å². The molecule has 34 heavy (non-hydrogen) atoms. The van der Waals surface area contributed by atoms with Gasteiger partial charge >= 0.3 is 0 Å². The molecule has 0 aliphatic heterocycles. The number of thioether (sulfide) groups is 1. The first-order valence-electron chi connectivity index (χ1n) is 10.6. The third kappa shape index (κ3) is 6.45. The highest BCUT2D eigenvalue weighted by Gasteiger charge is 2.29. The van der Waals surface area contributed by atoms with Crippen molar-refractivity contribution in [2.45, 2.75) is 16.7 Å². The lowest BCUT2D eigenvalue weighted by atomic mass is 10.2. The van der Waals surface area contributed by atoms with Crippen molar-refractivity contribution < 1.29 is 22.7 Å². The molecule has 180 valence electrons. The van der Waals surface area contributed by atoms with Crippen molar-refractivity contribution in [2.75, 3.05) is 37.4 Å². The summed E-state index contributed by atoms with van der Waals surface area (Å²) in [4.78, 5) is 14.0. The fourth-order valence-corrected chi connectivity index (χ4v) is 5.40. The molecule has 0 fully saturated rings. The molecule has 1 N–H and O–H groups in total. The van der Waals surface area contributed by atoms with E-state index in [1.54, 1.807) is 42.1 Å². The van der Waals surface area contributed by atoms with Crippen molar-refractivity contribution in [2.24, 2.45) is 0 Å². The van der Waals surface area contributed by atoms with Gasteiger partial charge in [0.2, 0.25) is 5.91 Å². The van der Waals surface area contributed by atoms with Crippen molar-refractivity contribution in [3.05, 3.63) is 78.4 Å². The number of hydrogen-bond acceptors (Lipinski definition) is 6. The Balaban J connectivity index is 1.83. The third-order valence-electron chi connectivity index (χ3n) is 4.99. The average Bonchev–Trinajstić information content (AvgIpc) is 2.85. The molecule has 1 amide bonds. The van der Waals surface area contributed by atoms with E-state index in [-0.39, 0.29) is 10.6 Å². The lowest BCUT2D eigenvalue weighted by molar-refractivity contribution is -0.119. The second kappa shape index (κ2) is 11.8. The van der Waals surface area contributed by atoms with Gasteiger partial charge in [0.25, 0.3) is 10.0 Å². The molecule has 3 aromatic rings. The van der Waals surface area contributed by atoms with Crippen LogP contribution < -0.4 is 19.1 Å². The van der Waals surface area contributed by atoms with Crippen LogP contribution in [-0.2, 0) is 14.8 Å². The Morgan fingerprint density at radius 3 is 2.32 bits per heavy atom. The summed E-state index contributed by atoms with van der Waals surface area (Å²) >= 11 is 1.61. The number of carbonyl (C=O) groups is 1. The van der Waals surface area contributed by atoms with Crippen LogP contribution in [0.25, 0.3) is 0 Å². The number of methoxy groups -OCH3 is 2. The first kappa shape index (κ1) is 25.5. The summed E-state index contributed by atoms with van der Waals surface area (Å²) in [6.45, 7) is 1.86. The molecule has 3 aromatic carbocycles. The average molecular weight is 501 g/mol. The summed E-state index contributed by atoms with van der Waals surface area (Å²) in [6.07, 6.45) is 0. The lowest BCUT2D eigenvalue weighted by Crippen LogP contribution is -2.41. The number of benzene rings is 3. The molecule has 0 radical (unpaired) electrons. The molecule has 0 spiro atoms. The maximum Gasteiger partial charge on any atom is 0.264 e. The zero-order chi connectivity index (χ0) is 24.6. The van der Waals surface area contributed by atoms with Crippen LogP contribution in [0.4, 0.5) is 5.69 Å². The molecule has 9 heteroatoms. The Bertz CT molecular complexity index is 1200. The van der Waals surface area contributed by atoms with Crippen LogP contribution in [0.3, 0.4) is 0 Å². The summed E-state index contributed by atoms with van der Waals surface area (Å²) < 4.78 is 39.0. The van der Waals surface area contributed by atoms with Gasteiger partial charge in [-0.1, -0.05) is 35.9 Å². The minimum atomic E-state index is -4.07. The van der Waals surface area contributed by atoms with Crippen LogP contribution in [0.1, 0.15) is 5.56 Å². The molecule has 0 bridgehead atoms. The fraction of sp³-hybridized carbons (Fsp3) is 0.240. The summed E-state index contributed by atoms with van der Waals surface area (Å²) in [5.74, 6) is 0.987. The van der Waals surface area contributed by atoms with Crippen molar-refractivity contribution in [1.29, 1.82) is 0 Å². The van der Waals surface area contributed by atoms with E-state index in [4.69, 9.17) is 9.47 Å². The summed E-state index contributed by atoms with van der Waals surface area (Å²) in [5, 5.41) is 2.81. The normalized spacial score (nSPS) is 11.0. The number of carbonyl (C=O) groups excluding carboxylic acids is 1. The molecular formula is C25H28N2O5S2. The van der Waals surface area contributed by atoms with E-state index in [1.165, 1.54) is 26.4 Å². The zero-order valence-corrected chi connectivity index (χ0v) is 21.0. The zero-order valence-electron chi connectivity index (χ0n) is 19.4. The maximum atomic E-state index is 13.6. The van der Waals surface area contributed by atoms with E-state index in [9.17, 15) is 13.2 Å². The van der Waals surface area contributed by atoms with Gasteiger partial charge in [0.1, 0.15) is 18.0 Å². The predicted molar refractivity (Wildman–Crippen MR) is 135 cm³/mol. The molecule has 7 nitrogen and oxygen atoms in total. The number of rotatable bonds is 11. The van der Waals surface area contributed by atoms with E-state index in [2.05, 4.69) is 5.32 Å². The highest BCUT2D eigenvalue weighted by molar-refractivity contribution is 7.99. The van der Waals surface area contributed by atoms with Gasteiger partial charge in [-0.3, -0.25) is 9.10 Å². The molecular weight excluding hydrogens is 472 g/mol. The van der Waals surface area contributed by atoms with Gasteiger partial charge in [-0.2, -0.15) is 0 Å². The Morgan fingerprint density at radius 2 is 1.68 bits per heavy atom. The topological polar surface area (TPSA) is 84.9 Å². The Kier molecular flexibility index (Phi) is 8.84. The van der Waals surface area contributed by atoms with Crippen molar-refractivity contribution in [3.63, 3.8) is 0 Å². The van der Waals surface area contributed by atoms with E-state index in [0.717, 1.165) is 14.8 Å². The minimum absolute atomic E-state index is 0.0791. The number of nitrogens with zero attached hydrogens (tertiary/aromatic N) is 1. The number of sulfonamides is 1. The Hall–Kier alpha value is -3.17. The van der Waals surface area contributed by atoms with Crippen LogP contribution in [0.15, 0.2) is 82.6 Å². The molecule has 0 aromatic heterocycles. The van der Waals surface area contributed by atoms with Gasteiger partial charge in [0.05, 0.1) is 24.8 Å². The molecule has 0 atom stereocenters. The minimum Gasteiger partial charge on any atom is -0.497 e. The first-order valence-corrected chi connectivity index (χ1v) is 13.0. The number of amides is 1. The maximum absolute atomic E-state index is 13.6. The molecule has 0 saturated carbocycles. The molecule has 0 aliphatic rings. The quantitative estimate of drug-likeness (QED) is 0.315. The predicted octanol–water partition coefficient (Wildman–Crippen LogP) is 4.12. The highest BCUT2D eigenvalue weighted by Crippen LogP contribution is 2.35. The van der Waals surface area contributed by atoms with E-state index in [1.807, 2.05) is 37.3 Å². The largest absolute Gasteiger partial charge is 0.497 e. The van der Waals surface area contributed by atoms with Crippen molar-refractivity contribution in [1.82, 2.24) is 5.32 Å².